The Kier molecular flexibility index (Phi) is 11.8. The molecule has 0 amide bonds. The van der Waals surface area contributed by atoms with Crippen LogP contribution in [0.15, 0.2) is 48.6 Å². The van der Waals surface area contributed by atoms with Crippen molar-refractivity contribution in [3.05, 3.63) is 54.1 Å². The van der Waals surface area contributed by atoms with E-state index in [1.165, 1.54) is 12.5 Å². The third kappa shape index (κ3) is 8.69. The smallest absolute Gasteiger partial charge is 0.335 e. The monoisotopic (exact) mass is 462 g/mol. The Hall–Kier alpha value is -2.01. The number of allylic oxidation sites excluding steroid dienone is 2. The van der Waals surface area contributed by atoms with Crippen LogP contribution in [0.3, 0.4) is 0 Å². The Balaban J connectivity index is 2.06. The highest BCUT2D eigenvalue weighted by Gasteiger charge is 2.57. The van der Waals surface area contributed by atoms with Crippen molar-refractivity contribution >= 4 is 11.5 Å². The molecule has 0 saturated heterocycles. The molecule has 0 N–H and O–H groups in total. The van der Waals surface area contributed by atoms with Crippen molar-refractivity contribution in [1.82, 2.24) is 0 Å². The van der Waals surface area contributed by atoms with E-state index in [1.807, 2.05) is 6.07 Å². The first kappa shape index (κ1) is 27.2. The van der Waals surface area contributed by atoms with Crippen LogP contribution in [-0.2, 0) is 14.3 Å². The lowest BCUT2D eigenvalue weighted by atomic mass is 9.93. The summed E-state index contributed by atoms with van der Waals surface area (Å²) >= 11 is 0. The Bertz CT molecular complexity index is 758. The Morgan fingerprint density at radius 3 is 2.09 bits per heavy atom. The van der Waals surface area contributed by atoms with Crippen molar-refractivity contribution in [2.45, 2.75) is 103 Å². The van der Waals surface area contributed by atoms with Crippen molar-refractivity contribution in [1.29, 1.82) is 0 Å². The minimum Gasteiger partial charge on any atom is -0.422 e. The van der Waals surface area contributed by atoms with Crippen LogP contribution in [-0.4, -0.2) is 24.3 Å². The van der Waals surface area contributed by atoms with Crippen molar-refractivity contribution in [2.24, 2.45) is 0 Å². The molecule has 1 atom stereocenters. The summed E-state index contributed by atoms with van der Waals surface area (Å²) in [7, 11) is 0. The summed E-state index contributed by atoms with van der Waals surface area (Å²) in [4.78, 5) is 12.5. The van der Waals surface area contributed by atoms with Gasteiger partial charge in [-0.2, -0.15) is 8.78 Å². The Morgan fingerprint density at radius 2 is 1.45 bits per heavy atom. The molecule has 0 aliphatic heterocycles. The maximum Gasteiger partial charge on any atom is 0.335 e. The Morgan fingerprint density at radius 1 is 0.848 bits per heavy atom. The molecule has 2 rings (SSSR count). The van der Waals surface area contributed by atoms with Gasteiger partial charge in [-0.15, -0.1) is 0 Å². The summed E-state index contributed by atoms with van der Waals surface area (Å²) in [5, 5.41) is 0. The lowest BCUT2D eigenvalue weighted by Gasteiger charge is -2.38. The molecule has 0 heterocycles. The minimum atomic E-state index is -3.48. The van der Waals surface area contributed by atoms with E-state index in [2.05, 4.69) is 13.8 Å². The third-order valence-electron chi connectivity index (χ3n) is 5.96. The van der Waals surface area contributed by atoms with Gasteiger partial charge in [-0.25, -0.2) is 0 Å². The van der Waals surface area contributed by atoms with Crippen LogP contribution in [0.2, 0.25) is 0 Å². The number of ether oxygens (including phenoxy) is 2. The highest BCUT2D eigenvalue weighted by atomic mass is 19.3. The number of hydrogen-bond donors (Lipinski definition) is 0. The molecule has 0 bridgehead atoms. The average Bonchev–Trinajstić information content (AvgIpc) is 2.80. The van der Waals surface area contributed by atoms with Crippen LogP contribution < -0.4 is 0 Å². The number of benzene rings is 1. The van der Waals surface area contributed by atoms with Gasteiger partial charge in [0.05, 0.1) is 6.61 Å². The lowest BCUT2D eigenvalue weighted by molar-refractivity contribution is -0.282. The molecule has 1 aliphatic rings. The largest absolute Gasteiger partial charge is 0.422 e. The summed E-state index contributed by atoms with van der Waals surface area (Å²) < 4.78 is 42.0. The van der Waals surface area contributed by atoms with E-state index in [1.54, 1.807) is 30.3 Å². The number of unbranched alkanes of at least 4 members (excludes halogenated alkanes) is 9. The van der Waals surface area contributed by atoms with Gasteiger partial charge in [-0.05, 0) is 36.1 Å². The van der Waals surface area contributed by atoms with Gasteiger partial charge in [0.2, 0.25) is 0 Å². The molecule has 0 fully saturated rings. The van der Waals surface area contributed by atoms with E-state index < -0.39 is 17.7 Å². The van der Waals surface area contributed by atoms with Crippen molar-refractivity contribution in [3.63, 3.8) is 0 Å². The molecular weight excluding hydrogens is 422 g/mol. The second-order valence-electron chi connectivity index (χ2n) is 8.84. The molecule has 0 spiro atoms. The first-order valence-corrected chi connectivity index (χ1v) is 12.6. The lowest BCUT2D eigenvalue weighted by Crippen LogP contribution is -2.52. The summed E-state index contributed by atoms with van der Waals surface area (Å²) in [6.07, 6.45) is 14.6. The first-order valence-electron chi connectivity index (χ1n) is 12.6. The zero-order valence-electron chi connectivity index (χ0n) is 20.3. The number of halogens is 2. The molecule has 0 saturated carbocycles. The fraction of sp³-hybridized carbons (Fsp3) is 0.607. The SMILES string of the molecule is CCCCCCCCOC1(OC(=O)CCCCCCC)C=CC(c2ccccc2)=CC1(F)F. The second-order valence-corrected chi connectivity index (χ2v) is 8.84. The maximum absolute atomic E-state index is 15.5. The molecule has 5 heteroatoms. The molecular formula is C28H40F2O3. The molecule has 1 unspecified atom stereocenters. The summed E-state index contributed by atoms with van der Waals surface area (Å²) in [5.74, 6) is -6.52. The first-order chi connectivity index (χ1) is 15.9. The van der Waals surface area contributed by atoms with Crippen LogP contribution in [0.5, 0.6) is 0 Å². The topological polar surface area (TPSA) is 35.5 Å². The molecule has 1 aromatic carbocycles. The molecule has 1 aromatic rings. The van der Waals surface area contributed by atoms with Gasteiger partial charge in [-0.1, -0.05) is 108 Å². The number of carbonyl (C=O) groups excluding carboxylic acids is 1. The Labute approximate surface area is 198 Å². The normalized spacial score (nSPS) is 19.3. The molecule has 0 aromatic heterocycles. The van der Waals surface area contributed by atoms with Crippen LogP contribution in [0, 0.1) is 0 Å². The summed E-state index contributed by atoms with van der Waals surface area (Å²) in [6.45, 7) is 4.39. The minimum absolute atomic E-state index is 0.115. The van der Waals surface area contributed by atoms with E-state index in [-0.39, 0.29) is 13.0 Å². The maximum atomic E-state index is 15.5. The molecule has 184 valence electrons. The molecule has 0 radical (unpaired) electrons. The van der Waals surface area contributed by atoms with Gasteiger partial charge < -0.3 is 9.47 Å². The number of carbonyl (C=O) groups is 1. The fourth-order valence-corrected chi connectivity index (χ4v) is 3.94. The molecule has 3 nitrogen and oxygen atoms in total. The molecule has 33 heavy (non-hydrogen) atoms. The van der Waals surface area contributed by atoms with Gasteiger partial charge in [0.15, 0.2) is 0 Å². The van der Waals surface area contributed by atoms with Gasteiger partial charge in [0, 0.05) is 6.42 Å². The van der Waals surface area contributed by atoms with Crippen molar-refractivity contribution in [2.75, 3.05) is 6.61 Å². The highest BCUT2D eigenvalue weighted by molar-refractivity contribution is 5.77. The molecule has 1 aliphatic carbocycles. The quantitative estimate of drug-likeness (QED) is 0.141. The zero-order valence-corrected chi connectivity index (χ0v) is 20.3. The number of alkyl halides is 2. The van der Waals surface area contributed by atoms with E-state index in [9.17, 15) is 4.79 Å². The van der Waals surface area contributed by atoms with Gasteiger partial charge in [0.1, 0.15) is 0 Å². The van der Waals surface area contributed by atoms with Crippen LogP contribution in [0.1, 0.15) is 96.5 Å². The van der Waals surface area contributed by atoms with E-state index in [0.717, 1.165) is 57.4 Å². The number of rotatable bonds is 16. The third-order valence-corrected chi connectivity index (χ3v) is 5.96. The predicted octanol–water partition coefficient (Wildman–Crippen LogP) is 8.25. The highest BCUT2D eigenvalue weighted by Crippen LogP contribution is 2.42. The van der Waals surface area contributed by atoms with E-state index >= 15 is 8.78 Å². The van der Waals surface area contributed by atoms with Crippen LogP contribution in [0.4, 0.5) is 8.78 Å². The second kappa shape index (κ2) is 14.3. The summed E-state index contributed by atoms with van der Waals surface area (Å²) in [5.41, 5.74) is 1.07. The fourth-order valence-electron chi connectivity index (χ4n) is 3.94. The summed E-state index contributed by atoms with van der Waals surface area (Å²) in [6, 6.07) is 9.00. The van der Waals surface area contributed by atoms with Crippen LogP contribution >= 0.6 is 0 Å². The van der Waals surface area contributed by atoms with E-state index in [4.69, 9.17) is 9.47 Å². The number of esters is 1. The number of hydrogen-bond acceptors (Lipinski definition) is 3. The van der Waals surface area contributed by atoms with Crippen molar-refractivity contribution in [3.8, 4) is 0 Å². The van der Waals surface area contributed by atoms with Crippen molar-refractivity contribution < 1.29 is 23.0 Å². The van der Waals surface area contributed by atoms with Gasteiger partial charge in [0.25, 0.3) is 0 Å². The standard InChI is InChI=1S/C28H40F2O3/c1-3-5-7-9-11-16-22-32-28(33-26(31)19-15-10-8-6-4-2)21-20-25(23-27(28,29)30)24-17-13-12-14-18-24/h12-14,17-18,20-21,23H,3-11,15-16,19,22H2,1-2H3. The predicted molar refractivity (Wildman–Crippen MR) is 130 cm³/mol. The average molecular weight is 463 g/mol. The van der Waals surface area contributed by atoms with Crippen LogP contribution in [0.25, 0.3) is 5.57 Å². The zero-order chi connectivity index (χ0) is 24.0. The van der Waals surface area contributed by atoms with Gasteiger partial charge >= 0.3 is 17.7 Å². The van der Waals surface area contributed by atoms with Gasteiger partial charge in [-0.3, -0.25) is 4.79 Å². The van der Waals surface area contributed by atoms with E-state index in [0.29, 0.717) is 24.0 Å².